The number of aromatic nitrogens is 2. The van der Waals surface area contributed by atoms with Gasteiger partial charge in [0.1, 0.15) is 16.2 Å². The summed E-state index contributed by atoms with van der Waals surface area (Å²) in [5, 5.41) is 3.16. The Bertz CT molecular complexity index is 518. The number of nitrogens with one attached hydrogen (secondary N) is 1. The summed E-state index contributed by atoms with van der Waals surface area (Å²) in [7, 11) is 6.05. The summed E-state index contributed by atoms with van der Waals surface area (Å²) >= 11 is 3.52. The number of rotatable bonds is 4. The number of anilines is 1. The van der Waals surface area contributed by atoms with E-state index < -0.39 is 0 Å². The summed E-state index contributed by atoms with van der Waals surface area (Å²) in [5.74, 6) is 2.22. The predicted molar refractivity (Wildman–Crippen MR) is 74.8 cm³/mol. The molecule has 0 atom stereocenters. The van der Waals surface area contributed by atoms with Crippen LogP contribution in [0.25, 0.3) is 5.52 Å². The van der Waals surface area contributed by atoms with Crippen molar-refractivity contribution in [2.75, 3.05) is 32.6 Å². The van der Waals surface area contributed by atoms with Crippen molar-refractivity contribution in [3.05, 3.63) is 28.6 Å². The molecule has 0 aromatic carbocycles. The molecule has 0 spiro atoms. The summed E-state index contributed by atoms with van der Waals surface area (Å²) in [6.07, 6.45) is 0.911. The fourth-order valence-corrected chi connectivity index (χ4v) is 2.42. The van der Waals surface area contributed by atoms with Gasteiger partial charge < -0.3 is 10.2 Å². The van der Waals surface area contributed by atoms with E-state index in [4.69, 9.17) is 0 Å². The van der Waals surface area contributed by atoms with Gasteiger partial charge in [-0.1, -0.05) is 6.07 Å². The largest absolute Gasteiger partial charge is 0.364 e. The molecule has 2 rings (SSSR count). The van der Waals surface area contributed by atoms with Crippen LogP contribution in [0, 0.1) is 0 Å². The zero-order valence-electron chi connectivity index (χ0n) is 10.4. The molecular weight excluding hydrogens is 280 g/mol. The lowest BCUT2D eigenvalue weighted by atomic mass is 10.3. The Balaban J connectivity index is 2.59. The van der Waals surface area contributed by atoms with E-state index >= 15 is 0 Å². The number of halogens is 1. The van der Waals surface area contributed by atoms with Crippen LogP contribution in [0.15, 0.2) is 22.8 Å². The van der Waals surface area contributed by atoms with Crippen LogP contribution in [-0.4, -0.2) is 37.1 Å². The van der Waals surface area contributed by atoms with Crippen LogP contribution in [0.5, 0.6) is 0 Å². The zero-order chi connectivity index (χ0) is 12.4. The predicted octanol–water partition coefficient (Wildman–Crippen LogP) is 1.92. The first-order valence-electron chi connectivity index (χ1n) is 5.63. The van der Waals surface area contributed by atoms with Crippen LogP contribution in [-0.2, 0) is 6.42 Å². The molecule has 2 heterocycles. The Hall–Kier alpha value is -1.07. The molecule has 0 aliphatic carbocycles. The highest BCUT2D eigenvalue weighted by molar-refractivity contribution is 9.10. The van der Waals surface area contributed by atoms with Gasteiger partial charge >= 0.3 is 0 Å². The Kier molecular flexibility index (Phi) is 3.69. The number of likely N-dealkylation sites (N-methyl/N-ethyl adjacent to an activating group) is 1. The molecule has 0 bridgehead atoms. The Morgan fingerprint density at radius 3 is 2.82 bits per heavy atom. The van der Waals surface area contributed by atoms with Crippen molar-refractivity contribution in [1.29, 1.82) is 0 Å². The van der Waals surface area contributed by atoms with Crippen LogP contribution in [0.2, 0.25) is 0 Å². The molecule has 0 amide bonds. The van der Waals surface area contributed by atoms with Gasteiger partial charge in [-0.05, 0) is 35.1 Å². The van der Waals surface area contributed by atoms with Crippen molar-refractivity contribution in [2.45, 2.75) is 6.42 Å². The molecule has 1 N–H and O–H groups in total. The van der Waals surface area contributed by atoms with Gasteiger partial charge in [0.2, 0.25) is 0 Å². The van der Waals surface area contributed by atoms with E-state index in [2.05, 4.69) is 53.7 Å². The molecule has 2 aromatic rings. The molecule has 2 aromatic heterocycles. The average molecular weight is 297 g/mol. The minimum atomic E-state index is 0.910. The lowest BCUT2D eigenvalue weighted by Crippen LogP contribution is -2.16. The van der Waals surface area contributed by atoms with Gasteiger partial charge in [-0.3, -0.25) is 4.40 Å². The second-order valence-electron chi connectivity index (χ2n) is 4.17. The third-order valence-electron chi connectivity index (χ3n) is 2.72. The van der Waals surface area contributed by atoms with E-state index in [-0.39, 0.29) is 0 Å². The fraction of sp³-hybridized carbons (Fsp3) is 0.417. The maximum atomic E-state index is 4.58. The smallest absolute Gasteiger partial charge is 0.132 e. The highest BCUT2D eigenvalue weighted by atomic mass is 79.9. The highest BCUT2D eigenvalue weighted by Crippen LogP contribution is 2.24. The van der Waals surface area contributed by atoms with E-state index in [1.807, 2.05) is 21.1 Å². The van der Waals surface area contributed by atoms with Gasteiger partial charge in [-0.25, -0.2) is 4.98 Å². The third-order valence-corrected chi connectivity index (χ3v) is 3.31. The number of fused-ring (bicyclic) bond motifs is 1. The van der Waals surface area contributed by atoms with E-state index in [1.54, 1.807) is 0 Å². The van der Waals surface area contributed by atoms with Gasteiger partial charge in [-0.2, -0.15) is 0 Å². The van der Waals surface area contributed by atoms with Crippen molar-refractivity contribution < 1.29 is 0 Å². The lowest BCUT2D eigenvalue weighted by molar-refractivity contribution is 0.751. The first kappa shape index (κ1) is 12.4. The molecule has 0 unspecified atom stereocenters. The third kappa shape index (κ3) is 2.30. The summed E-state index contributed by atoms with van der Waals surface area (Å²) in [6.45, 7) is 0.924. The SMILES string of the molecule is CNCCc1nc(Br)c2cccc(N(C)C)n12. The van der Waals surface area contributed by atoms with Crippen LogP contribution in [0.3, 0.4) is 0 Å². The maximum Gasteiger partial charge on any atom is 0.132 e. The molecule has 17 heavy (non-hydrogen) atoms. The Morgan fingerprint density at radius 2 is 2.18 bits per heavy atom. The van der Waals surface area contributed by atoms with Crippen LogP contribution in [0.1, 0.15) is 5.82 Å². The first-order valence-corrected chi connectivity index (χ1v) is 6.42. The molecular formula is C12H17BrN4. The van der Waals surface area contributed by atoms with Gasteiger partial charge in [0.15, 0.2) is 0 Å². The van der Waals surface area contributed by atoms with Crippen molar-refractivity contribution >= 4 is 27.3 Å². The lowest BCUT2D eigenvalue weighted by Gasteiger charge is -2.16. The van der Waals surface area contributed by atoms with Crippen LogP contribution < -0.4 is 10.2 Å². The van der Waals surface area contributed by atoms with Crippen LogP contribution >= 0.6 is 15.9 Å². The molecule has 0 aliphatic rings. The van der Waals surface area contributed by atoms with Crippen molar-refractivity contribution in [1.82, 2.24) is 14.7 Å². The molecule has 0 fully saturated rings. The van der Waals surface area contributed by atoms with Gasteiger partial charge in [0, 0.05) is 27.1 Å². The second-order valence-corrected chi connectivity index (χ2v) is 4.92. The normalized spacial score (nSPS) is 11.1. The monoisotopic (exact) mass is 296 g/mol. The maximum absolute atomic E-state index is 4.58. The number of pyridine rings is 1. The molecule has 0 radical (unpaired) electrons. The Labute approximate surface area is 110 Å². The van der Waals surface area contributed by atoms with E-state index in [0.717, 1.165) is 34.7 Å². The van der Waals surface area contributed by atoms with Gasteiger partial charge in [0.25, 0.3) is 0 Å². The van der Waals surface area contributed by atoms with Crippen molar-refractivity contribution in [3.63, 3.8) is 0 Å². The zero-order valence-corrected chi connectivity index (χ0v) is 12.0. The minimum absolute atomic E-state index is 0.910. The summed E-state index contributed by atoms with van der Waals surface area (Å²) in [5.41, 5.74) is 1.11. The second kappa shape index (κ2) is 5.06. The van der Waals surface area contributed by atoms with E-state index in [0.29, 0.717) is 0 Å². The standard InChI is InChI=1S/C12H17BrN4/c1-14-8-7-10-15-12(13)9-5-4-6-11(16(2)3)17(9)10/h4-6,14H,7-8H2,1-3H3. The summed E-state index contributed by atoms with van der Waals surface area (Å²) in [4.78, 5) is 6.68. The topological polar surface area (TPSA) is 32.6 Å². The molecule has 0 aliphatic heterocycles. The minimum Gasteiger partial charge on any atom is -0.364 e. The van der Waals surface area contributed by atoms with E-state index in [1.165, 1.54) is 0 Å². The number of hydrogen-bond donors (Lipinski definition) is 1. The van der Waals surface area contributed by atoms with Crippen LogP contribution in [0.4, 0.5) is 5.82 Å². The Morgan fingerprint density at radius 1 is 1.41 bits per heavy atom. The van der Waals surface area contributed by atoms with Crippen molar-refractivity contribution in [3.8, 4) is 0 Å². The molecule has 4 nitrogen and oxygen atoms in total. The summed E-state index contributed by atoms with van der Waals surface area (Å²) < 4.78 is 3.11. The van der Waals surface area contributed by atoms with E-state index in [9.17, 15) is 0 Å². The number of hydrogen-bond acceptors (Lipinski definition) is 3. The quantitative estimate of drug-likeness (QED) is 0.936. The molecule has 0 saturated carbocycles. The number of imidazole rings is 1. The number of nitrogens with zero attached hydrogens (tertiary/aromatic N) is 3. The molecule has 0 saturated heterocycles. The van der Waals surface area contributed by atoms with Gasteiger partial charge in [0.05, 0.1) is 5.52 Å². The van der Waals surface area contributed by atoms with Gasteiger partial charge in [-0.15, -0.1) is 0 Å². The van der Waals surface area contributed by atoms with Crippen molar-refractivity contribution in [2.24, 2.45) is 0 Å². The molecule has 5 heteroatoms. The summed E-state index contributed by atoms with van der Waals surface area (Å²) in [6, 6.07) is 6.23. The average Bonchev–Trinajstić information content (AvgIpc) is 2.64. The molecule has 92 valence electrons. The first-order chi connectivity index (χ1) is 8.15. The fourth-order valence-electron chi connectivity index (χ4n) is 1.90. The highest BCUT2D eigenvalue weighted by Gasteiger charge is 2.12.